The summed E-state index contributed by atoms with van der Waals surface area (Å²) in [7, 11) is 0. The van der Waals surface area contributed by atoms with E-state index in [1.165, 1.54) is 82.7 Å². The fraction of sp³-hybridized carbons (Fsp3) is 0. The number of aromatic nitrogens is 2. The van der Waals surface area contributed by atoms with Crippen LogP contribution < -0.4 is 0 Å². The molecule has 0 unspecified atom stereocenters. The van der Waals surface area contributed by atoms with Gasteiger partial charge in [0, 0.05) is 32.9 Å². The fourth-order valence-electron chi connectivity index (χ4n) is 7.72. The number of benzene rings is 8. The van der Waals surface area contributed by atoms with Crippen LogP contribution in [0.1, 0.15) is 0 Å². The van der Waals surface area contributed by atoms with Crippen molar-refractivity contribution in [2.45, 2.75) is 0 Å². The Labute approximate surface area is 290 Å². The second-order valence-corrected chi connectivity index (χ2v) is 13.0. The number of nitrogens with zero attached hydrogens (tertiary/aromatic N) is 2. The van der Waals surface area contributed by atoms with Crippen LogP contribution in [0.2, 0.25) is 0 Å². The van der Waals surface area contributed by atoms with Gasteiger partial charge >= 0.3 is 0 Å². The average Bonchev–Trinajstić information content (AvgIpc) is 3.71. The highest BCUT2D eigenvalue weighted by Gasteiger charge is 2.16. The topological polar surface area (TPSA) is 9.86 Å². The van der Waals surface area contributed by atoms with Crippen LogP contribution in [-0.2, 0) is 0 Å². The lowest BCUT2D eigenvalue weighted by molar-refractivity contribution is 1.18. The Morgan fingerprint density at radius 1 is 0.220 bits per heavy atom. The summed E-state index contributed by atoms with van der Waals surface area (Å²) in [5.41, 5.74) is 14.5. The van der Waals surface area contributed by atoms with Crippen LogP contribution in [0.25, 0.3) is 88.4 Å². The standard InChI is InChI=1S/C48H32N2/c1-3-11-33(12-4-1)34-19-21-35(22-20-34)36-23-27-40(28-24-36)50-45-17-9-7-15-41(45)43-29-25-38(32-48(43)50)37-26-30-47-44(31-37)42-16-8-10-18-46(42)49(47)39-13-5-2-6-14-39/h1-32H. The molecule has 2 nitrogen and oxygen atoms in total. The second-order valence-electron chi connectivity index (χ2n) is 13.0. The molecular formula is C48H32N2. The van der Waals surface area contributed by atoms with Crippen LogP contribution in [-0.4, -0.2) is 9.13 Å². The van der Waals surface area contributed by atoms with Gasteiger partial charge in [-0.05, 0) is 88.0 Å². The van der Waals surface area contributed by atoms with Gasteiger partial charge in [0.05, 0.1) is 22.1 Å². The molecule has 0 saturated heterocycles. The first kappa shape index (κ1) is 28.4. The Bertz CT molecular complexity index is 2820. The molecule has 0 bridgehead atoms. The molecular weight excluding hydrogens is 605 g/mol. The van der Waals surface area contributed by atoms with Gasteiger partial charge in [0.25, 0.3) is 0 Å². The maximum absolute atomic E-state index is 2.41. The zero-order valence-electron chi connectivity index (χ0n) is 27.4. The first-order valence-corrected chi connectivity index (χ1v) is 17.2. The highest BCUT2D eigenvalue weighted by atomic mass is 15.0. The molecule has 2 aromatic heterocycles. The third kappa shape index (κ3) is 4.57. The van der Waals surface area contributed by atoms with Crippen LogP contribution in [0.15, 0.2) is 194 Å². The van der Waals surface area contributed by atoms with Crippen LogP contribution in [0, 0.1) is 0 Å². The fourth-order valence-corrected chi connectivity index (χ4v) is 7.72. The van der Waals surface area contributed by atoms with Gasteiger partial charge in [-0.1, -0.05) is 140 Å². The van der Waals surface area contributed by atoms with E-state index in [-0.39, 0.29) is 0 Å². The summed E-state index contributed by atoms with van der Waals surface area (Å²) >= 11 is 0. The van der Waals surface area contributed by atoms with Gasteiger partial charge in [0.1, 0.15) is 0 Å². The van der Waals surface area contributed by atoms with Crippen LogP contribution >= 0.6 is 0 Å². The van der Waals surface area contributed by atoms with Gasteiger partial charge < -0.3 is 9.13 Å². The second kappa shape index (κ2) is 11.5. The molecule has 0 amide bonds. The molecule has 10 aromatic rings. The van der Waals surface area contributed by atoms with Gasteiger partial charge in [-0.15, -0.1) is 0 Å². The number of para-hydroxylation sites is 3. The van der Waals surface area contributed by atoms with Crippen molar-refractivity contribution < 1.29 is 0 Å². The van der Waals surface area contributed by atoms with Gasteiger partial charge in [-0.3, -0.25) is 0 Å². The predicted octanol–water partition coefficient (Wildman–Crippen LogP) is 12.9. The molecule has 2 heterocycles. The third-order valence-corrected chi connectivity index (χ3v) is 10.1. The summed E-state index contributed by atoms with van der Waals surface area (Å²) in [6, 6.07) is 70.4. The number of hydrogen-bond donors (Lipinski definition) is 0. The summed E-state index contributed by atoms with van der Waals surface area (Å²) in [6.45, 7) is 0. The largest absolute Gasteiger partial charge is 0.309 e. The lowest BCUT2D eigenvalue weighted by atomic mass is 10.00. The Hall–Kier alpha value is -6.64. The van der Waals surface area contributed by atoms with E-state index >= 15 is 0 Å². The summed E-state index contributed by atoms with van der Waals surface area (Å²) in [6.07, 6.45) is 0. The van der Waals surface area contributed by atoms with E-state index in [4.69, 9.17) is 0 Å². The Balaban J connectivity index is 1.08. The van der Waals surface area contributed by atoms with Crippen LogP contribution in [0.4, 0.5) is 0 Å². The molecule has 0 radical (unpaired) electrons. The van der Waals surface area contributed by atoms with E-state index in [2.05, 4.69) is 203 Å². The van der Waals surface area contributed by atoms with Crippen LogP contribution in [0.3, 0.4) is 0 Å². The molecule has 0 fully saturated rings. The van der Waals surface area contributed by atoms with E-state index in [1.54, 1.807) is 0 Å². The smallest absolute Gasteiger partial charge is 0.0547 e. The number of rotatable bonds is 5. The highest BCUT2D eigenvalue weighted by Crippen LogP contribution is 2.38. The van der Waals surface area contributed by atoms with Crippen molar-refractivity contribution in [1.82, 2.24) is 9.13 Å². The van der Waals surface area contributed by atoms with Gasteiger partial charge in [-0.2, -0.15) is 0 Å². The minimum atomic E-state index is 1.15. The van der Waals surface area contributed by atoms with E-state index in [9.17, 15) is 0 Å². The molecule has 10 rings (SSSR count). The van der Waals surface area contributed by atoms with Crippen LogP contribution in [0.5, 0.6) is 0 Å². The van der Waals surface area contributed by atoms with Crippen molar-refractivity contribution in [2.24, 2.45) is 0 Å². The predicted molar refractivity (Wildman–Crippen MR) is 211 cm³/mol. The summed E-state index contributed by atoms with van der Waals surface area (Å²) in [5.74, 6) is 0. The summed E-state index contributed by atoms with van der Waals surface area (Å²) in [5, 5.41) is 5.04. The quantitative estimate of drug-likeness (QED) is 0.178. The zero-order valence-corrected chi connectivity index (χ0v) is 27.4. The SMILES string of the molecule is c1ccc(-c2ccc(-c3ccc(-n4c5ccccc5c5ccc(-c6ccc7c(c6)c6ccccc6n7-c6ccccc6)cc54)cc3)cc2)cc1. The van der Waals surface area contributed by atoms with Gasteiger partial charge in [0.2, 0.25) is 0 Å². The van der Waals surface area contributed by atoms with Crippen molar-refractivity contribution >= 4 is 43.6 Å². The molecule has 2 heteroatoms. The molecule has 0 atom stereocenters. The molecule has 0 N–H and O–H groups in total. The van der Waals surface area contributed by atoms with Crippen molar-refractivity contribution in [3.8, 4) is 44.8 Å². The van der Waals surface area contributed by atoms with Crippen molar-refractivity contribution in [1.29, 1.82) is 0 Å². The molecule has 0 aliphatic carbocycles. The maximum atomic E-state index is 2.41. The van der Waals surface area contributed by atoms with Gasteiger partial charge in [0.15, 0.2) is 0 Å². The van der Waals surface area contributed by atoms with E-state index in [1.807, 2.05) is 0 Å². The first-order chi connectivity index (χ1) is 24.8. The van der Waals surface area contributed by atoms with Crippen molar-refractivity contribution in [2.75, 3.05) is 0 Å². The third-order valence-electron chi connectivity index (χ3n) is 10.1. The monoisotopic (exact) mass is 636 g/mol. The lowest BCUT2D eigenvalue weighted by Crippen LogP contribution is -1.94. The van der Waals surface area contributed by atoms with Gasteiger partial charge in [-0.25, -0.2) is 0 Å². The molecule has 0 aliphatic rings. The average molecular weight is 637 g/mol. The van der Waals surface area contributed by atoms with E-state index in [0.717, 1.165) is 5.69 Å². The lowest BCUT2D eigenvalue weighted by Gasteiger charge is -2.11. The Morgan fingerprint density at radius 3 is 1.28 bits per heavy atom. The summed E-state index contributed by atoms with van der Waals surface area (Å²) < 4.78 is 4.78. The molecule has 0 spiro atoms. The Morgan fingerprint density at radius 2 is 0.620 bits per heavy atom. The minimum absolute atomic E-state index is 1.15. The molecule has 234 valence electrons. The van der Waals surface area contributed by atoms with Crippen molar-refractivity contribution in [3.63, 3.8) is 0 Å². The molecule has 8 aromatic carbocycles. The number of fused-ring (bicyclic) bond motifs is 6. The normalized spacial score (nSPS) is 11.6. The molecule has 0 aliphatic heterocycles. The molecule has 0 saturated carbocycles. The highest BCUT2D eigenvalue weighted by molar-refractivity contribution is 6.12. The molecule has 50 heavy (non-hydrogen) atoms. The van der Waals surface area contributed by atoms with Crippen molar-refractivity contribution in [3.05, 3.63) is 194 Å². The Kier molecular flexibility index (Phi) is 6.53. The summed E-state index contributed by atoms with van der Waals surface area (Å²) in [4.78, 5) is 0. The van der Waals surface area contributed by atoms with E-state index in [0.29, 0.717) is 0 Å². The number of hydrogen-bond acceptors (Lipinski definition) is 0. The first-order valence-electron chi connectivity index (χ1n) is 17.2. The zero-order chi connectivity index (χ0) is 33.0. The minimum Gasteiger partial charge on any atom is -0.309 e. The van der Waals surface area contributed by atoms with E-state index < -0.39 is 0 Å². The maximum Gasteiger partial charge on any atom is 0.0547 e.